The molecule has 0 bridgehead atoms. The lowest BCUT2D eigenvalue weighted by atomic mass is 10.0. The second-order valence-corrected chi connectivity index (χ2v) is 8.74. The van der Waals surface area contributed by atoms with Gasteiger partial charge in [-0.25, -0.2) is 8.42 Å². The fourth-order valence-corrected chi connectivity index (χ4v) is 4.52. The average molecular weight is 371 g/mol. The molecule has 1 heterocycles. The summed E-state index contributed by atoms with van der Waals surface area (Å²) >= 11 is 0. The average Bonchev–Trinajstić information content (AvgIpc) is 2.67. The predicted octanol–water partition coefficient (Wildman–Crippen LogP) is 4.23. The van der Waals surface area contributed by atoms with Gasteiger partial charge >= 0.3 is 0 Å². The number of rotatable bonds is 6. The van der Waals surface area contributed by atoms with E-state index in [1.165, 1.54) is 0 Å². The third kappa shape index (κ3) is 4.74. The summed E-state index contributed by atoms with van der Waals surface area (Å²) in [5, 5.41) is 3.28. The molecule has 1 aliphatic rings. The topological polar surface area (TPSA) is 49.4 Å². The first-order valence-corrected chi connectivity index (χ1v) is 10.6. The Morgan fingerprint density at radius 2 is 1.69 bits per heavy atom. The highest BCUT2D eigenvalue weighted by Crippen LogP contribution is 2.24. The molecule has 138 valence electrons. The Labute approximate surface area is 156 Å². The van der Waals surface area contributed by atoms with E-state index in [-0.39, 0.29) is 0 Å². The van der Waals surface area contributed by atoms with E-state index in [0.29, 0.717) is 30.4 Å². The zero-order valence-corrected chi connectivity index (χ0v) is 16.0. The molecule has 1 aliphatic heterocycles. The van der Waals surface area contributed by atoms with E-state index in [0.717, 1.165) is 24.1 Å². The Bertz CT molecular complexity index is 822. The quantitative estimate of drug-likeness (QED) is 0.828. The van der Waals surface area contributed by atoms with Crippen LogP contribution in [0.4, 0.5) is 5.69 Å². The molecule has 0 atom stereocenters. The molecule has 0 amide bonds. The molecule has 0 saturated carbocycles. The molecule has 3 rings (SSSR count). The first-order chi connectivity index (χ1) is 12.6. The van der Waals surface area contributed by atoms with E-state index in [1.54, 1.807) is 16.4 Å². The maximum absolute atomic E-state index is 12.7. The summed E-state index contributed by atoms with van der Waals surface area (Å²) in [6.07, 6.45) is 5.98. The third-order valence-electron chi connectivity index (χ3n) is 4.77. The third-order valence-corrected chi connectivity index (χ3v) is 6.68. The summed E-state index contributed by atoms with van der Waals surface area (Å²) in [4.78, 5) is 0.373. The summed E-state index contributed by atoms with van der Waals surface area (Å²) in [7, 11) is -3.37. The number of anilines is 1. The molecule has 0 aliphatic carbocycles. The fraction of sp³-hybridized carbons (Fsp3) is 0.333. The number of nitrogens with zero attached hydrogens (tertiary/aromatic N) is 1. The molecule has 4 nitrogen and oxygen atoms in total. The van der Waals surface area contributed by atoms with Gasteiger partial charge in [-0.05, 0) is 48.6 Å². The Morgan fingerprint density at radius 3 is 2.35 bits per heavy atom. The molecule has 2 aromatic carbocycles. The minimum atomic E-state index is -3.37. The number of sulfonamides is 1. The van der Waals surface area contributed by atoms with Gasteiger partial charge in [-0.2, -0.15) is 4.31 Å². The van der Waals surface area contributed by atoms with E-state index >= 15 is 0 Å². The lowest BCUT2D eigenvalue weighted by Crippen LogP contribution is -2.37. The molecule has 1 saturated heterocycles. The van der Waals surface area contributed by atoms with Crippen molar-refractivity contribution >= 4 is 21.8 Å². The molecule has 0 spiro atoms. The summed E-state index contributed by atoms with van der Waals surface area (Å²) in [5.41, 5.74) is 2.07. The highest BCUT2D eigenvalue weighted by atomic mass is 32.2. The number of hydrogen-bond acceptors (Lipinski definition) is 3. The van der Waals surface area contributed by atoms with Gasteiger partial charge in [-0.3, -0.25) is 0 Å². The van der Waals surface area contributed by atoms with E-state index in [4.69, 9.17) is 0 Å². The first kappa shape index (κ1) is 18.7. The predicted molar refractivity (Wildman–Crippen MR) is 108 cm³/mol. The monoisotopic (exact) mass is 370 g/mol. The fourth-order valence-electron chi connectivity index (χ4n) is 3.06. The highest BCUT2D eigenvalue weighted by molar-refractivity contribution is 7.89. The van der Waals surface area contributed by atoms with Crippen molar-refractivity contribution in [1.29, 1.82) is 0 Å². The van der Waals surface area contributed by atoms with Crippen LogP contribution in [0.3, 0.4) is 0 Å². The molecule has 2 aromatic rings. The van der Waals surface area contributed by atoms with Gasteiger partial charge in [0.1, 0.15) is 0 Å². The maximum atomic E-state index is 12.7. The van der Waals surface area contributed by atoms with Crippen LogP contribution in [-0.4, -0.2) is 32.4 Å². The number of nitrogens with one attached hydrogen (secondary N) is 1. The van der Waals surface area contributed by atoms with Crippen LogP contribution < -0.4 is 5.32 Å². The van der Waals surface area contributed by atoms with E-state index in [1.807, 2.05) is 30.3 Å². The van der Waals surface area contributed by atoms with Gasteiger partial charge in [0.05, 0.1) is 4.90 Å². The van der Waals surface area contributed by atoms with Gasteiger partial charge in [0.25, 0.3) is 0 Å². The molecule has 0 aromatic heterocycles. The summed E-state index contributed by atoms with van der Waals surface area (Å²) in [6.45, 7) is 4.10. The van der Waals surface area contributed by atoms with Crippen molar-refractivity contribution in [3.05, 3.63) is 66.2 Å². The lowest BCUT2D eigenvalue weighted by molar-refractivity contribution is 0.288. The van der Waals surface area contributed by atoms with E-state index in [9.17, 15) is 8.42 Å². The second kappa shape index (κ2) is 8.52. The van der Waals surface area contributed by atoms with Crippen molar-refractivity contribution in [1.82, 2.24) is 4.31 Å². The van der Waals surface area contributed by atoms with Crippen molar-refractivity contribution in [2.24, 2.45) is 5.92 Å². The molecular weight excluding hydrogens is 344 g/mol. The lowest BCUT2D eigenvalue weighted by Gasteiger charge is -2.29. The van der Waals surface area contributed by atoms with Crippen LogP contribution in [0.5, 0.6) is 0 Å². The van der Waals surface area contributed by atoms with Crippen LogP contribution in [0, 0.1) is 5.92 Å². The van der Waals surface area contributed by atoms with Crippen LogP contribution in [0.1, 0.15) is 25.3 Å². The van der Waals surface area contributed by atoms with Gasteiger partial charge in [0, 0.05) is 25.3 Å². The van der Waals surface area contributed by atoms with Crippen LogP contribution in [0.25, 0.3) is 6.08 Å². The van der Waals surface area contributed by atoms with E-state index < -0.39 is 10.0 Å². The minimum Gasteiger partial charge on any atom is -0.382 e. The van der Waals surface area contributed by atoms with Crippen LogP contribution in [-0.2, 0) is 10.0 Å². The van der Waals surface area contributed by atoms with Crippen LogP contribution in [0.2, 0.25) is 0 Å². The van der Waals surface area contributed by atoms with Gasteiger partial charge < -0.3 is 5.32 Å². The van der Waals surface area contributed by atoms with Crippen molar-refractivity contribution in [2.45, 2.75) is 24.7 Å². The SMILES string of the molecule is CC1CCN(S(=O)(=O)c2ccc(NC/C=C/c3ccccc3)cc2)CC1. The molecule has 26 heavy (non-hydrogen) atoms. The molecular formula is C21H26N2O2S. The highest BCUT2D eigenvalue weighted by Gasteiger charge is 2.27. The van der Waals surface area contributed by atoms with Crippen molar-refractivity contribution in [3.8, 4) is 0 Å². The summed E-state index contributed by atoms with van der Waals surface area (Å²) in [6, 6.07) is 17.2. The molecule has 1 N–H and O–H groups in total. The van der Waals surface area contributed by atoms with Gasteiger partial charge in [0.15, 0.2) is 0 Å². The molecule has 5 heteroatoms. The second-order valence-electron chi connectivity index (χ2n) is 6.80. The van der Waals surface area contributed by atoms with Gasteiger partial charge in [0.2, 0.25) is 10.0 Å². The minimum absolute atomic E-state index is 0.373. The smallest absolute Gasteiger partial charge is 0.243 e. The summed E-state index contributed by atoms with van der Waals surface area (Å²) < 4.78 is 27.0. The Kier molecular flexibility index (Phi) is 6.12. The standard InChI is InChI=1S/C21H26N2O2S/c1-18-13-16-23(17-14-18)26(24,25)21-11-9-20(10-12-21)22-15-5-8-19-6-3-2-4-7-19/h2-12,18,22H,13-17H2,1H3/b8-5+. The Balaban J connectivity index is 1.57. The zero-order chi connectivity index (χ0) is 18.4. The zero-order valence-electron chi connectivity index (χ0n) is 15.1. The maximum Gasteiger partial charge on any atom is 0.243 e. The number of benzene rings is 2. The van der Waals surface area contributed by atoms with E-state index in [2.05, 4.69) is 36.5 Å². The normalized spacial score (nSPS) is 16.8. The molecule has 1 fully saturated rings. The van der Waals surface area contributed by atoms with Crippen molar-refractivity contribution in [3.63, 3.8) is 0 Å². The Hall–Kier alpha value is -2.11. The first-order valence-electron chi connectivity index (χ1n) is 9.11. The molecule has 0 radical (unpaired) electrons. The molecule has 0 unspecified atom stereocenters. The Morgan fingerprint density at radius 1 is 1.04 bits per heavy atom. The largest absolute Gasteiger partial charge is 0.382 e. The number of piperidine rings is 1. The van der Waals surface area contributed by atoms with Gasteiger partial charge in [-0.1, -0.05) is 49.4 Å². The van der Waals surface area contributed by atoms with Gasteiger partial charge in [-0.15, -0.1) is 0 Å². The summed E-state index contributed by atoms with van der Waals surface area (Å²) in [5.74, 6) is 0.608. The number of hydrogen-bond donors (Lipinski definition) is 1. The van der Waals surface area contributed by atoms with Crippen molar-refractivity contribution in [2.75, 3.05) is 25.0 Å². The van der Waals surface area contributed by atoms with Crippen molar-refractivity contribution < 1.29 is 8.42 Å². The van der Waals surface area contributed by atoms with Crippen LogP contribution >= 0.6 is 0 Å². The van der Waals surface area contributed by atoms with Crippen LogP contribution in [0.15, 0.2) is 65.6 Å².